The summed E-state index contributed by atoms with van der Waals surface area (Å²) in [6, 6.07) is 14.4. The Morgan fingerprint density at radius 1 is 1.03 bits per heavy atom. The van der Waals surface area contributed by atoms with Gasteiger partial charge in [-0.25, -0.2) is 21.1 Å². The number of rotatable bonds is 15. The number of unbranched alkanes of at least 4 members (excludes halogenated alkanes) is 5. The molecule has 1 amide bonds. The van der Waals surface area contributed by atoms with Gasteiger partial charge in [-0.15, -0.1) is 0 Å². The van der Waals surface area contributed by atoms with Crippen molar-refractivity contribution in [1.29, 1.82) is 0 Å². The number of carboxylic acids is 1. The minimum absolute atomic E-state index is 0.0116. The lowest BCUT2D eigenvalue weighted by Gasteiger charge is -2.11. The second-order valence-corrected chi connectivity index (χ2v) is 8.77. The zero-order valence-electron chi connectivity index (χ0n) is 20.7. The lowest BCUT2D eigenvalue weighted by atomic mass is 10.0. The Labute approximate surface area is 212 Å². The number of carboxylic acid groups (broad SMARTS) is 1. The first kappa shape index (κ1) is 27.2. The highest BCUT2D eigenvalue weighted by Crippen LogP contribution is 2.24. The molecule has 0 aliphatic carbocycles. The average molecular weight is 497 g/mol. The zero-order valence-corrected chi connectivity index (χ0v) is 20.7. The number of nitrogens with zero attached hydrogens (tertiary/aromatic N) is 1. The van der Waals surface area contributed by atoms with E-state index in [1.807, 2.05) is 24.3 Å². The van der Waals surface area contributed by atoms with Crippen molar-refractivity contribution in [3.05, 3.63) is 59.7 Å². The van der Waals surface area contributed by atoms with Crippen LogP contribution in [0.5, 0.6) is 11.5 Å². The monoisotopic (exact) mass is 496 g/mol. The fourth-order valence-electron chi connectivity index (χ4n) is 3.92. The summed E-state index contributed by atoms with van der Waals surface area (Å²) in [5, 5.41) is 12.8. The highest BCUT2D eigenvalue weighted by molar-refractivity contribution is 5.87. The van der Waals surface area contributed by atoms with Crippen LogP contribution in [0.3, 0.4) is 0 Å². The Hall–Kier alpha value is -3.43. The van der Waals surface area contributed by atoms with E-state index in [-0.39, 0.29) is 11.9 Å². The molecule has 1 heterocycles. The van der Waals surface area contributed by atoms with Crippen LogP contribution in [0, 0.1) is 0 Å². The summed E-state index contributed by atoms with van der Waals surface area (Å²) >= 11 is 0. The maximum absolute atomic E-state index is 12.5. The van der Waals surface area contributed by atoms with Gasteiger partial charge < -0.3 is 14.6 Å². The van der Waals surface area contributed by atoms with Crippen LogP contribution in [-0.4, -0.2) is 42.5 Å². The van der Waals surface area contributed by atoms with Gasteiger partial charge in [0.05, 0.1) is 12.8 Å². The Morgan fingerprint density at radius 2 is 1.78 bits per heavy atom. The Bertz CT molecular complexity index is 996. The molecule has 2 aromatic carbocycles. The van der Waals surface area contributed by atoms with Gasteiger partial charge in [-0.05, 0) is 42.7 Å². The number of ether oxygens (including phenoxy) is 2. The molecule has 0 bridgehead atoms. The van der Waals surface area contributed by atoms with Crippen LogP contribution in [0.4, 0.5) is 0 Å². The number of hydrazone groups is 1. The van der Waals surface area contributed by atoms with Gasteiger partial charge in [0.25, 0.3) is 5.91 Å². The summed E-state index contributed by atoms with van der Waals surface area (Å²) in [6.07, 6.45) is 9.41. The fraction of sp³-hybridized carbons (Fsp3) is 0.444. The van der Waals surface area contributed by atoms with E-state index >= 15 is 0 Å². The van der Waals surface area contributed by atoms with Crippen LogP contribution >= 0.6 is 0 Å². The van der Waals surface area contributed by atoms with Crippen molar-refractivity contribution in [2.24, 2.45) is 5.10 Å². The molecule has 36 heavy (non-hydrogen) atoms. The molecule has 0 radical (unpaired) electrons. The largest absolute Gasteiger partial charge is 0.494 e. The Balaban J connectivity index is 1.41. The van der Waals surface area contributed by atoms with Crippen molar-refractivity contribution in [3.63, 3.8) is 0 Å². The van der Waals surface area contributed by atoms with Gasteiger partial charge in [0.15, 0.2) is 6.61 Å². The summed E-state index contributed by atoms with van der Waals surface area (Å²) in [5.74, 6) is -0.114. The average Bonchev–Trinajstić information content (AvgIpc) is 3.38. The molecule has 1 fully saturated rings. The van der Waals surface area contributed by atoms with Crippen LogP contribution in [0.2, 0.25) is 0 Å². The molecule has 9 heteroatoms. The Kier molecular flexibility index (Phi) is 11.2. The van der Waals surface area contributed by atoms with E-state index in [0.717, 1.165) is 24.3 Å². The molecule has 1 saturated heterocycles. The number of carbonyl (C=O) groups excluding carboxylic acids is 1. The topological polar surface area (TPSA) is 121 Å². The number of hydrogen-bond acceptors (Lipinski definition) is 7. The fourth-order valence-corrected chi connectivity index (χ4v) is 3.92. The number of aliphatic carboxylic acids is 1. The third-order valence-corrected chi connectivity index (χ3v) is 5.92. The van der Waals surface area contributed by atoms with Gasteiger partial charge in [-0.2, -0.15) is 5.10 Å². The molecule has 3 rings (SSSR count). The first-order chi connectivity index (χ1) is 17.6. The summed E-state index contributed by atoms with van der Waals surface area (Å²) in [7, 11) is 0. The third kappa shape index (κ3) is 8.98. The van der Waals surface area contributed by atoms with Crippen LogP contribution in [0.1, 0.15) is 69.0 Å². The van der Waals surface area contributed by atoms with Crippen LogP contribution < -0.4 is 25.8 Å². The number of para-hydroxylation sites is 1. The van der Waals surface area contributed by atoms with Crippen LogP contribution in [-0.2, 0) is 9.59 Å². The second kappa shape index (κ2) is 14.9. The molecule has 2 atom stereocenters. The van der Waals surface area contributed by atoms with Crippen molar-refractivity contribution in [1.82, 2.24) is 16.3 Å². The Morgan fingerprint density at radius 3 is 2.56 bits per heavy atom. The van der Waals surface area contributed by atoms with Gasteiger partial charge in [0, 0.05) is 11.6 Å². The number of nitrogens with one attached hydrogen (secondary N) is 3. The molecule has 1 aliphatic heterocycles. The smallest absolute Gasteiger partial charge is 0.341 e. The maximum atomic E-state index is 12.5. The highest BCUT2D eigenvalue weighted by atomic mass is 16.5. The van der Waals surface area contributed by atoms with Crippen molar-refractivity contribution in [3.8, 4) is 11.5 Å². The quantitative estimate of drug-likeness (QED) is 0.167. The van der Waals surface area contributed by atoms with E-state index in [9.17, 15) is 9.59 Å². The lowest BCUT2D eigenvalue weighted by Crippen LogP contribution is -2.41. The molecular formula is C27H36N4O5. The zero-order chi connectivity index (χ0) is 25.6. The molecule has 0 aromatic heterocycles. The van der Waals surface area contributed by atoms with Crippen LogP contribution in [0.15, 0.2) is 53.6 Å². The molecular weight excluding hydrogens is 460 g/mol. The van der Waals surface area contributed by atoms with E-state index in [1.54, 1.807) is 24.3 Å². The summed E-state index contributed by atoms with van der Waals surface area (Å²) in [6.45, 7) is 2.50. The molecule has 1 aliphatic rings. The summed E-state index contributed by atoms with van der Waals surface area (Å²) in [4.78, 5) is 23.3. The molecule has 0 spiro atoms. The predicted molar refractivity (Wildman–Crippen MR) is 138 cm³/mol. The molecule has 4 N–H and O–H groups in total. The van der Waals surface area contributed by atoms with Gasteiger partial charge in [-0.3, -0.25) is 4.79 Å². The lowest BCUT2D eigenvalue weighted by molar-refractivity contribution is -0.139. The van der Waals surface area contributed by atoms with E-state index in [1.165, 1.54) is 38.3 Å². The van der Waals surface area contributed by atoms with E-state index in [4.69, 9.17) is 14.6 Å². The molecule has 194 valence electrons. The minimum atomic E-state index is -1.07. The number of amides is 1. The predicted octanol–water partition coefficient (Wildman–Crippen LogP) is 3.95. The van der Waals surface area contributed by atoms with Gasteiger partial charge in [-0.1, -0.05) is 63.3 Å². The summed E-state index contributed by atoms with van der Waals surface area (Å²) < 4.78 is 11.1. The van der Waals surface area contributed by atoms with Gasteiger partial charge in [0.2, 0.25) is 0 Å². The SMILES string of the molecule is CCCCCCCCOc1ccc(C2CC(C(=O)N/N=C/c3ccccc3OCC(=O)O)NN2)cc1. The second-order valence-electron chi connectivity index (χ2n) is 8.77. The third-order valence-electron chi connectivity index (χ3n) is 5.92. The highest BCUT2D eigenvalue weighted by Gasteiger charge is 2.30. The van der Waals surface area contributed by atoms with Crippen molar-refractivity contribution in [2.45, 2.75) is 64.0 Å². The minimum Gasteiger partial charge on any atom is -0.494 e. The van der Waals surface area contributed by atoms with Gasteiger partial charge >= 0.3 is 5.97 Å². The van der Waals surface area contributed by atoms with Crippen molar-refractivity contribution >= 4 is 18.1 Å². The molecule has 2 unspecified atom stereocenters. The number of hydrazine groups is 1. The number of hydrogen-bond donors (Lipinski definition) is 4. The standard InChI is InChI=1S/C27H36N4O5/c1-2-3-4-5-6-9-16-35-22-14-12-20(13-15-22)23-17-24(30-29-23)27(34)31-28-18-21-10-7-8-11-25(21)36-19-26(32)33/h7-8,10-15,18,23-24,29-30H,2-6,9,16-17,19H2,1H3,(H,31,34)(H,32,33)/b28-18+. The molecule has 2 aromatic rings. The van der Waals surface area contributed by atoms with E-state index < -0.39 is 18.6 Å². The van der Waals surface area contributed by atoms with Crippen molar-refractivity contribution in [2.75, 3.05) is 13.2 Å². The number of carbonyl (C=O) groups is 2. The normalized spacial score (nSPS) is 17.2. The maximum Gasteiger partial charge on any atom is 0.341 e. The molecule has 9 nitrogen and oxygen atoms in total. The molecule has 0 saturated carbocycles. The van der Waals surface area contributed by atoms with Crippen LogP contribution in [0.25, 0.3) is 0 Å². The van der Waals surface area contributed by atoms with E-state index in [0.29, 0.717) is 17.7 Å². The van der Waals surface area contributed by atoms with E-state index in [2.05, 4.69) is 28.3 Å². The number of benzene rings is 2. The summed E-state index contributed by atoms with van der Waals surface area (Å²) in [5.41, 5.74) is 10.3. The first-order valence-corrected chi connectivity index (χ1v) is 12.6. The van der Waals surface area contributed by atoms with Gasteiger partial charge in [0.1, 0.15) is 17.5 Å². The first-order valence-electron chi connectivity index (χ1n) is 12.6. The van der Waals surface area contributed by atoms with Crippen molar-refractivity contribution < 1.29 is 24.2 Å².